The maximum Gasteiger partial charge on any atom is 0.261 e. The number of hydrogen-bond acceptors (Lipinski definition) is 4. The van der Waals surface area contributed by atoms with E-state index in [-0.39, 0.29) is 11.1 Å². The first-order valence-corrected chi connectivity index (χ1v) is 17.5. The second-order valence-electron chi connectivity index (χ2n) is 11.5. The normalized spacial score (nSPS) is 17.2. The van der Waals surface area contributed by atoms with E-state index in [2.05, 4.69) is 74.6 Å². The maximum atomic E-state index is 13.6. The van der Waals surface area contributed by atoms with Gasteiger partial charge in [-0.2, -0.15) is 4.31 Å². The van der Waals surface area contributed by atoms with Crippen molar-refractivity contribution in [3.8, 4) is 0 Å². The Hall–Kier alpha value is -2.52. The summed E-state index contributed by atoms with van der Waals surface area (Å²) in [5.41, 5.74) is 0. The largest absolute Gasteiger partial charge is 0.407 e. The van der Waals surface area contributed by atoms with E-state index >= 15 is 0 Å². The third kappa shape index (κ3) is 5.77. The standard InChI is InChI=1S/C32H37ClN2O3SSi/c1-32(2,3)40(30-10-6-4-7-11-30,31-12-8-5-9-13-31)38-21-18-28-24-35(20-19-34-28)39(36,37)29-17-15-25-22-27(33)16-14-26(25)23-29/h4-17,22-23,28,34H,18-21,24H2,1-3H3. The highest BCUT2D eigenvalue weighted by Crippen LogP contribution is 2.37. The molecule has 1 aliphatic rings. The average molecular weight is 593 g/mol. The Morgan fingerprint density at radius 1 is 0.900 bits per heavy atom. The zero-order chi connectivity index (χ0) is 28.4. The number of nitrogens with zero attached hydrogens (tertiary/aromatic N) is 1. The van der Waals surface area contributed by atoms with Crippen LogP contribution in [0.25, 0.3) is 10.8 Å². The van der Waals surface area contributed by atoms with Crippen LogP contribution in [-0.4, -0.2) is 53.3 Å². The molecule has 40 heavy (non-hydrogen) atoms. The monoisotopic (exact) mass is 592 g/mol. The fraction of sp³-hybridized carbons (Fsp3) is 0.312. The molecule has 4 aromatic carbocycles. The van der Waals surface area contributed by atoms with E-state index in [1.807, 2.05) is 30.3 Å². The smallest absolute Gasteiger partial charge is 0.261 e. The van der Waals surface area contributed by atoms with Gasteiger partial charge in [-0.1, -0.05) is 105 Å². The molecule has 5 nitrogen and oxygen atoms in total. The van der Waals surface area contributed by atoms with Gasteiger partial charge in [-0.05, 0) is 56.9 Å². The van der Waals surface area contributed by atoms with Crippen LogP contribution in [-0.2, 0) is 14.4 Å². The summed E-state index contributed by atoms with van der Waals surface area (Å²) in [6.07, 6.45) is 0.715. The van der Waals surface area contributed by atoms with Gasteiger partial charge in [0.1, 0.15) is 0 Å². The molecule has 0 aromatic heterocycles. The first-order valence-electron chi connectivity index (χ1n) is 13.8. The summed E-state index contributed by atoms with van der Waals surface area (Å²) in [7, 11) is -6.27. The minimum absolute atomic E-state index is 0.000929. The Morgan fingerprint density at radius 3 is 2.12 bits per heavy atom. The number of sulfonamides is 1. The van der Waals surface area contributed by atoms with E-state index in [1.165, 1.54) is 10.4 Å². The lowest BCUT2D eigenvalue weighted by atomic mass is 10.1. The molecule has 8 heteroatoms. The van der Waals surface area contributed by atoms with Gasteiger partial charge < -0.3 is 9.74 Å². The number of nitrogens with one attached hydrogen (secondary N) is 1. The maximum absolute atomic E-state index is 13.6. The van der Waals surface area contributed by atoms with E-state index in [9.17, 15) is 8.42 Å². The summed E-state index contributed by atoms with van der Waals surface area (Å²) in [5, 5.41) is 8.32. The van der Waals surface area contributed by atoms with Crippen LogP contribution in [0.5, 0.6) is 0 Å². The Morgan fingerprint density at radius 2 is 1.50 bits per heavy atom. The van der Waals surface area contributed by atoms with Crippen molar-refractivity contribution in [2.45, 2.75) is 43.2 Å². The summed E-state index contributed by atoms with van der Waals surface area (Å²) in [6, 6.07) is 31.9. The van der Waals surface area contributed by atoms with Gasteiger partial charge in [0.05, 0.1) is 4.90 Å². The zero-order valence-corrected chi connectivity index (χ0v) is 25.9. The molecule has 0 bridgehead atoms. The van der Waals surface area contributed by atoms with Gasteiger partial charge in [0, 0.05) is 37.3 Å². The zero-order valence-electron chi connectivity index (χ0n) is 23.3. The minimum Gasteiger partial charge on any atom is -0.407 e. The average Bonchev–Trinajstić information content (AvgIpc) is 2.95. The van der Waals surface area contributed by atoms with E-state index in [1.54, 1.807) is 22.5 Å². The van der Waals surface area contributed by atoms with Crippen molar-refractivity contribution in [3.63, 3.8) is 0 Å². The summed E-state index contributed by atoms with van der Waals surface area (Å²) in [5.74, 6) is 0. The highest BCUT2D eigenvalue weighted by molar-refractivity contribution is 7.89. The Labute approximate surface area is 244 Å². The Balaban J connectivity index is 1.34. The molecule has 0 radical (unpaired) electrons. The molecule has 1 atom stereocenters. The number of halogens is 1. The van der Waals surface area contributed by atoms with Crippen molar-refractivity contribution in [2.75, 3.05) is 26.2 Å². The van der Waals surface area contributed by atoms with Crippen molar-refractivity contribution in [1.29, 1.82) is 0 Å². The van der Waals surface area contributed by atoms with Crippen LogP contribution in [0.1, 0.15) is 27.2 Å². The molecule has 1 heterocycles. The van der Waals surface area contributed by atoms with E-state index < -0.39 is 18.3 Å². The second kappa shape index (κ2) is 11.8. The first-order chi connectivity index (χ1) is 19.1. The number of piperazine rings is 1. The molecule has 5 rings (SSSR count). The predicted molar refractivity (Wildman–Crippen MR) is 168 cm³/mol. The molecule has 0 amide bonds. The molecule has 210 valence electrons. The van der Waals surface area contributed by atoms with E-state index in [0.29, 0.717) is 42.6 Å². The van der Waals surface area contributed by atoms with Crippen molar-refractivity contribution in [3.05, 3.63) is 102 Å². The third-order valence-electron chi connectivity index (χ3n) is 7.83. The summed E-state index contributed by atoms with van der Waals surface area (Å²) >= 11 is 6.11. The number of benzene rings is 4. The lowest BCUT2D eigenvalue weighted by Gasteiger charge is -2.43. The van der Waals surface area contributed by atoms with Crippen molar-refractivity contribution in [1.82, 2.24) is 9.62 Å². The van der Waals surface area contributed by atoms with Crippen LogP contribution >= 0.6 is 11.6 Å². The molecule has 4 aromatic rings. The van der Waals surface area contributed by atoms with Crippen LogP contribution in [0.4, 0.5) is 0 Å². The summed E-state index contributed by atoms with van der Waals surface area (Å²) in [6.45, 7) is 8.79. The molecule has 1 N–H and O–H groups in total. The van der Waals surface area contributed by atoms with Crippen LogP contribution in [0.15, 0.2) is 102 Å². The van der Waals surface area contributed by atoms with E-state index in [0.717, 1.165) is 10.8 Å². The highest BCUT2D eigenvalue weighted by atomic mass is 35.5. The van der Waals surface area contributed by atoms with Crippen molar-refractivity contribution >= 4 is 51.1 Å². The second-order valence-corrected chi connectivity index (χ2v) is 18.1. The molecule has 0 spiro atoms. The summed E-state index contributed by atoms with van der Waals surface area (Å²) in [4.78, 5) is 0.312. The van der Waals surface area contributed by atoms with Gasteiger partial charge in [-0.25, -0.2) is 8.42 Å². The predicted octanol–water partition coefficient (Wildman–Crippen LogP) is 5.42. The fourth-order valence-corrected chi connectivity index (χ4v) is 12.1. The number of hydrogen-bond donors (Lipinski definition) is 1. The van der Waals surface area contributed by atoms with Crippen LogP contribution in [0.3, 0.4) is 0 Å². The van der Waals surface area contributed by atoms with Gasteiger partial charge >= 0.3 is 0 Å². The molecule has 1 fully saturated rings. The fourth-order valence-electron chi connectivity index (χ4n) is 5.83. The first kappa shape index (κ1) is 29.0. The quantitative estimate of drug-likeness (QED) is 0.278. The molecule has 1 unspecified atom stereocenters. The van der Waals surface area contributed by atoms with Crippen LogP contribution in [0.2, 0.25) is 10.1 Å². The third-order valence-corrected chi connectivity index (χ3v) is 15.0. The van der Waals surface area contributed by atoms with E-state index in [4.69, 9.17) is 16.0 Å². The molecule has 1 aliphatic heterocycles. The number of fused-ring (bicyclic) bond motifs is 1. The van der Waals surface area contributed by atoms with Gasteiger partial charge in [0.25, 0.3) is 8.32 Å². The van der Waals surface area contributed by atoms with Gasteiger partial charge in [0.2, 0.25) is 10.0 Å². The van der Waals surface area contributed by atoms with Crippen molar-refractivity contribution in [2.24, 2.45) is 0 Å². The summed E-state index contributed by atoms with van der Waals surface area (Å²) < 4.78 is 35.9. The molecular formula is C32H37ClN2O3SSi. The Kier molecular flexibility index (Phi) is 8.52. The molecule has 1 saturated heterocycles. The Bertz CT molecular complexity index is 1520. The lowest BCUT2D eigenvalue weighted by molar-refractivity contribution is 0.232. The highest BCUT2D eigenvalue weighted by Gasteiger charge is 2.50. The molecule has 0 saturated carbocycles. The van der Waals surface area contributed by atoms with Gasteiger partial charge in [-0.15, -0.1) is 0 Å². The lowest BCUT2D eigenvalue weighted by Crippen LogP contribution is -2.66. The molecule has 0 aliphatic carbocycles. The molecular weight excluding hydrogens is 556 g/mol. The van der Waals surface area contributed by atoms with Crippen LogP contribution < -0.4 is 15.7 Å². The topological polar surface area (TPSA) is 58.6 Å². The van der Waals surface area contributed by atoms with Crippen LogP contribution in [0, 0.1) is 0 Å². The number of rotatable bonds is 8. The van der Waals surface area contributed by atoms with Gasteiger partial charge in [-0.3, -0.25) is 0 Å². The SMILES string of the molecule is CC(C)(C)[Si](OCCC1CN(S(=O)(=O)c2ccc3cc(Cl)ccc3c2)CCN1)(c1ccccc1)c1ccccc1. The van der Waals surface area contributed by atoms with Crippen molar-refractivity contribution < 1.29 is 12.8 Å². The van der Waals surface area contributed by atoms with Gasteiger partial charge in [0.15, 0.2) is 0 Å². The minimum atomic E-state index is -3.63.